The number of halogens is 3. The Labute approximate surface area is 136 Å². The summed E-state index contributed by atoms with van der Waals surface area (Å²) >= 11 is 0. The van der Waals surface area contributed by atoms with Gasteiger partial charge in [-0.15, -0.1) is 0 Å². The van der Waals surface area contributed by atoms with Gasteiger partial charge in [-0.1, -0.05) is 13.8 Å². The van der Waals surface area contributed by atoms with Crippen molar-refractivity contribution in [2.24, 2.45) is 5.41 Å². The third kappa shape index (κ3) is 3.08. The zero-order chi connectivity index (χ0) is 18.5. The van der Waals surface area contributed by atoms with Crippen molar-refractivity contribution in [2.75, 3.05) is 7.11 Å². The topological polar surface area (TPSA) is 90.0 Å². The smallest absolute Gasteiger partial charge is 0.467 e. The minimum Gasteiger partial charge on any atom is -0.467 e. The molecule has 2 aliphatic heterocycles. The van der Waals surface area contributed by atoms with Crippen LogP contribution in [0.15, 0.2) is 11.8 Å². The summed E-state index contributed by atoms with van der Waals surface area (Å²) in [6.45, 7) is 3.45. The number of ether oxygens (including phenoxy) is 1. The number of hydrogen-bond donors (Lipinski definition) is 0. The van der Waals surface area contributed by atoms with Gasteiger partial charge in [0.2, 0.25) is 0 Å². The molecule has 2 heterocycles. The van der Waals surface area contributed by atoms with Gasteiger partial charge in [0.15, 0.2) is 0 Å². The molecule has 0 aromatic carbocycles. The van der Waals surface area contributed by atoms with E-state index in [1.807, 2.05) is 0 Å². The van der Waals surface area contributed by atoms with Crippen LogP contribution in [0.25, 0.3) is 0 Å². The highest BCUT2D eigenvalue weighted by Crippen LogP contribution is 2.46. The summed E-state index contributed by atoms with van der Waals surface area (Å²) in [5.41, 5.74) is -6.23. The SMILES string of the molecule is COC(=O)[C@@H]1CC(C)(C)C2CC(OS(=O)(=O)C(F)(F)F)=CC(=O)N21. The van der Waals surface area contributed by atoms with Gasteiger partial charge in [0.25, 0.3) is 5.91 Å². The molecule has 136 valence electrons. The lowest BCUT2D eigenvalue weighted by atomic mass is 9.81. The van der Waals surface area contributed by atoms with Crippen molar-refractivity contribution in [3.05, 3.63) is 11.8 Å². The van der Waals surface area contributed by atoms with Gasteiger partial charge >= 0.3 is 21.6 Å². The zero-order valence-corrected chi connectivity index (χ0v) is 13.9. The molecule has 0 bridgehead atoms. The minimum absolute atomic E-state index is 0.239. The molecule has 2 rings (SSSR count). The Balaban J connectivity index is 2.33. The Hall–Kier alpha value is -1.78. The number of fused-ring (bicyclic) bond motifs is 1. The molecular formula is C13H16F3NO6S. The molecule has 1 unspecified atom stereocenters. The Morgan fingerprint density at radius 2 is 1.96 bits per heavy atom. The minimum atomic E-state index is -5.85. The van der Waals surface area contributed by atoms with Crippen LogP contribution in [0.2, 0.25) is 0 Å². The average Bonchev–Trinajstić information content (AvgIpc) is 2.68. The second-order valence-corrected chi connectivity index (χ2v) is 7.83. The first kappa shape index (κ1) is 18.6. The predicted molar refractivity (Wildman–Crippen MR) is 73.6 cm³/mol. The first-order valence-electron chi connectivity index (χ1n) is 6.91. The van der Waals surface area contributed by atoms with Gasteiger partial charge < -0.3 is 13.8 Å². The van der Waals surface area contributed by atoms with Gasteiger partial charge in [0.05, 0.1) is 7.11 Å². The number of nitrogens with zero attached hydrogens (tertiary/aromatic N) is 1. The van der Waals surface area contributed by atoms with Crippen LogP contribution in [-0.4, -0.2) is 49.9 Å². The third-order valence-corrected chi connectivity index (χ3v) is 5.20. The largest absolute Gasteiger partial charge is 0.534 e. The molecule has 7 nitrogen and oxygen atoms in total. The van der Waals surface area contributed by atoms with E-state index in [9.17, 15) is 31.2 Å². The molecule has 0 aliphatic carbocycles. The Morgan fingerprint density at radius 3 is 2.46 bits per heavy atom. The highest BCUT2D eigenvalue weighted by atomic mass is 32.2. The Morgan fingerprint density at radius 1 is 1.38 bits per heavy atom. The summed E-state index contributed by atoms with van der Waals surface area (Å²) in [6, 6.07) is -1.56. The fourth-order valence-corrected chi connectivity index (χ4v) is 3.54. The fourth-order valence-electron chi connectivity index (χ4n) is 3.05. The summed E-state index contributed by atoms with van der Waals surface area (Å²) in [5.74, 6) is -2.03. The summed E-state index contributed by atoms with van der Waals surface area (Å²) in [6.07, 6.45) is 0.655. The molecule has 0 spiro atoms. The average molecular weight is 371 g/mol. The number of alkyl halides is 3. The van der Waals surface area contributed by atoms with Crippen molar-refractivity contribution in [3.8, 4) is 0 Å². The van der Waals surface area contributed by atoms with Crippen molar-refractivity contribution in [3.63, 3.8) is 0 Å². The molecule has 11 heteroatoms. The molecular weight excluding hydrogens is 355 g/mol. The van der Waals surface area contributed by atoms with E-state index in [-0.39, 0.29) is 12.8 Å². The summed E-state index contributed by atoms with van der Waals surface area (Å²) < 4.78 is 68.2. The van der Waals surface area contributed by atoms with Gasteiger partial charge in [0, 0.05) is 18.5 Å². The van der Waals surface area contributed by atoms with Gasteiger partial charge in [-0.25, -0.2) is 4.79 Å². The maximum absolute atomic E-state index is 12.4. The van der Waals surface area contributed by atoms with Crippen LogP contribution < -0.4 is 0 Å². The van der Waals surface area contributed by atoms with Gasteiger partial charge in [-0.3, -0.25) is 4.79 Å². The Bertz CT molecular complexity index is 697. The lowest BCUT2D eigenvalue weighted by Crippen LogP contribution is -2.49. The Kier molecular flexibility index (Phi) is 4.36. The van der Waals surface area contributed by atoms with Crippen LogP contribution in [0.3, 0.4) is 0 Å². The molecule has 1 fully saturated rings. The summed E-state index contributed by atoms with van der Waals surface area (Å²) in [4.78, 5) is 25.3. The van der Waals surface area contributed by atoms with Crippen molar-refractivity contribution in [2.45, 2.75) is 44.3 Å². The fraction of sp³-hybridized carbons (Fsp3) is 0.692. The first-order chi connectivity index (χ1) is 10.8. The predicted octanol–water partition coefficient (Wildman–Crippen LogP) is 1.31. The molecule has 0 saturated carbocycles. The lowest BCUT2D eigenvalue weighted by Gasteiger charge is -2.36. The van der Waals surface area contributed by atoms with Gasteiger partial charge in [-0.05, 0) is 11.8 Å². The monoisotopic (exact) mass is 371 g/mol. The van der Waals surface area contributed by atoms with Gasteiger partial charge in [0.1, 0.15) is 11.8 Å². The number of esters is 1. The number of amides is 1. The number of rotatable bonds is 3. The van der Waals surface area contributed by atoms with E-state index in [2.05, 4.69) is 8.92 Å². The zero-order valence-electron chi connectivity index (χ0n) is 13.1. The van der Waals surface area contributed by atoms with E-state index in [4.69, 9.17) is 0 Å². The van der Waals surface area contributed by atoms with Crippen LogP contribution in [0.5, 0.6) is 0 Å². The van der Waals surface area contributed by atoms with E-state index in [1.54, 1.807) is 13.8 Å². The number of carbonyl (C=O) groups is 2. The molecule has 0 aromatic rings. The number of methoxy groups -OCH3 is 1. The molecule has 1 saturated heterocycles. The maximum atomic E-state index is 12.4. The van der Waals surface area contributed by atoms with E-state index >= 15 is 0 Å². The second kappa shape index (κ2) is 5.64. The normalized spacial score (nSPS) is 26.7. The van der Waals surface area contributed by atoms with Gasteiger partial charge in [-0.2, -0.15) is 21.6 Å². The molecule has 0 aromatic heterocycles. The number of hydrogen-bond acceptors (Lipinski definition) is 6. The van der Waals surface area contributed by atoms with Crippen LogP contribution in [-0.2, 0) is 28.6 Å². The van der Waals surface area contributed by atoms with Crippen molar-refractivity contribution < 1.29 is 40.1 Å². The van der Waals surface area contributed by atoms with Crippen LogP contribution in [0.4, 0.5) is 13.2 Å². The van der Waals surface area contributed by atoms with Crippen molar-refractivity contribution in [1.82, 2.24) is 4.90 Å². The summed E-state index contributed by atoms with van der Waals surface area (Å²) in [7, 11) is -4.69. The standard InChI is InChI=1S/C13H16F3NO6S/c1-12(2)6-8(11(19)22-3)17-9(12)4-7(5-10(17)18)23-24(20,21)13(14,15)16/h5,8-9H,4,6H2,1-3H3/t8-,9?/m0/s1. The second-order valence-electron chi connectivity index (χ2n) is 6.29. The molecule has 0 N–H and O–H groups in total. The highest BCUT2D eigenvalue weighted by Gasteiger charge is 2.55. The van der Waals surface area contributed by atoms with Crippen LogP contribution in [0, 0.1) is 5.41 Å². The first-order valence-corrected chi connectivity index (χ1v) is 8.32. The third-order valence-electron chi connectivity index (χ3n) is 4.20. The van der Waals surface area contributed by atoms with Crippen LogP contribution >= 0.6 is 0 Å². The highest BCUT2D eigenvalue weighted by molar-refractivity contribution is 7.87. The molecule has 0 radical (unpaired) electrons. The lowest BCUT2D eigenvalue weighted by molar-refractivity contribution is -0.151. The quantitative estimate of drug-likeness (QED) is 0.422. The van der Waals surface area contributed by atoms with Crippen molar-refractivity contribution >= 4 is 22.0 Å². The summed E-state index contributed by atoms with van der Waals surface area (Å²) in [5, 5.41) is 0. The maximum Gasteiger partial charge on any atom is 0.534 e. The number of carbonyl (C=O) groups excluding carboxylic acids is 2. The van der Waals surface area contributed by atoms with E-state index in [1.165, 1.54) is 4.90 Å². The van der Waals surface area contributed by atoms with E-state index < -0.39 is 50.8 Å². The molecule has 2 aliphatic rings. The van der Waals surface area contributed by atoms with E-state index in [0.29, 0.717) is 6.08 Å². The van der Waals surface area contributed by atoms with E-state index in [0.717, 1.165) is 7.11 Å². The molecule has 2 atom stereocenters. The van der Waals surface area contributed by atoms with Crippen LogP contribution in [0.1, 0.15) is 26.7 Å². The molecule has 24 heavy (non-hydrogen) atoms. The van der Waals surface area contributed by atoms with Crippen molar-refractivity contribution in [1.29, 1.82) is 0 Å². The molecule has 1 amide bonds.